The highest BCUT2D eigenvalue weighted by molar-refractivity contribution is 5.96. The van der Waals surface area contributed by atoms with Gasteiger partial charge < -0.3 is 21.1 Å². The molecule has 0 atom stereocenters. The Morgan fingerprint density at radius 3 is 2.63 bits per heavy atom. The van der Waals surface area contributed by atoms with Gasteiger partial charge in [0.15, 0.2) is 23.0 Å². The van der Waals surface area contributed by atoms with Crippen molar-refractivity contribution in [3.05, 3.63) is 65.6 Å². The van der Waals surface area contributed by atoms with Gasteiger partial charge in [-0.25, -0.2) is 13.9 Å². The standard InChI is InChI=1S/C26H24F4N6O2/c1-14-10-15(2-6-18(14)25(38)34-16-3-4-16)21-13-32-24-20(31-9-8-26(28,29)30)12-23(35-36(21)24)33-17-5-7-19(27)22(37)11-17/h2,5-7,10-13,16,31,37H,3-4,8-9H2,1H3,(H,33,35)(H,34,38). The van der Waals surface area contributed by atoms with Crippen molar-refractivity contribution < 1.29 is 27.5 Å². The van der Waals surface area contributed by atoms with Crippen molar-refractivity contribution in [2.45, 2.75) is 38.4 Å². The number of fused-ring (bicyclic) bond motifs is 1. The first kappa shape index (κ1) is 25.3. The Morgan fingerprint density at radius 2 is 1.95 bits per heavy atom. The maximum absolute atomic E-state index is 13.5. The van der Waals surface area contributed by atoms with E-state index < -0.39 is 24.2 Å². The van der Waals surface area contributed by atoms with Crippen LogP contribution in [0.15, 0.2) is 48.7 Å². The summed E-state index contributed by atoms with van der Waals surface area (Å²) < 4.78 is 53.3. The number of nitrogens with one attached hydrogen (secondary N) is 3. The fourth-order valence-electron chi connectivity index (χ4n) is 4.00. The lowest BCUT2D eigenvalue weighted by atomic mass is 10.0. The average molecular weight is 529 g/mol. The van der Waals surface area contributed by atoms with Crippen LogP contribution < -0.4 is 16.0 Å². The summed E-state index contributed by atoms with van der Waals surface area (Å²) in [5.74, 6) is -1.29. The molecule has 1 saturated carbocycles. The second-order valence-electron chi connectivity index (χ2n) is 9.18. The van der Waals surface area contributed by atoms with Crippen LogP contribution in [0.1, 0.15) is 35.2 Å². The molecule has 38 heavy (non-hydrogen) atoms. The van der Waals surface area contributed by atoms with Crippen LogP contribution in [0.3, 0.4) is 0 Å². The highest BCUT2D eigenvalue weighted by atomic mass is 19.4. The van der Waals surface area contributed by atoms with Gasteiger partial charge in [-0.3, -0.25) is 4.79 Å². The van der Waals surface area contributed by atoms with Crippen LogP contribution in [0.25, 0.3) is 16.9 Å². The first-order chi connectivity index (χ1) is 18.1. The molecule has 8 nitrogen and oxygen atoms in total. The number of alkyl halides is 3. The Hall–Kier alpha value is -4.35. The third kappa shape index (κ3) is 5.63. The molecule has 0 bridgehead atoms. The number of halogens is 4. The largest absolute Gasteiger partial charge is 0.505 e. The first-order valence-corrected chi connectivity index (χ1v) is 11.9. The molecule has 0 aliphatic heterocycles. The second kappa shape index (κ2) is 9.84. The summed E-state index contributed by atoms with van der Waals surface area (Å²) in [6.07, 6.45) is -1.89. The van der Waals surface area contributed by atoms with E-state index >= 15 is 0 Å². The number of carbonyl (C=O) groups is 1. The van der Waals surface area contributed by atoms with Gasteiger partial charge >= 0.3 is 6.18 Å². The number of phenols is 1. The number of aryl methyl sites for hydroxylation is 1. The maximum atomic E-state index is 13.5. The van der Waals surface area contributed by atoms with Crippen LogP contribution in [-0.4, -0.2) is 44.4 Å². The molecule has 0 saturated heterocycles. The number of aromatic hydroxyl groups is 1. The summed E-state index contributed by atoms with van der Waals surface area (Å²) in [6.45, 7) is 1.44. The number of hydrogen-bond acceptors (Lipinski definition) is 6. The van der Waals surface area contributed by atoms with Gasteiger partial charge in [-0.1, -0.05) is 6.07 Å². The Labute approximate surface area is 214 Å². The summed E-state index contributed by atoms with van der Waals surface area (Å²) in [4.78, 5) is 16.9. The smallest absolute Gasteiger partial charge is 0.390 e. The van der Waals surface area contributed by atoms with Gasteiger partial charge in [0.2, 0.25) is 0 Å². The van der Waals surface area contributed by atoms with Crippen molar-refractivity contribution in [2.75, 3.05) is 17.2 Å². The zero-order chi connectivity index (χ0) is 27.0. The summed E-state index contributed by atoms with van der Waals surface area (Å²) in [6, 6.07) is 10.6. The molecule has 0 radical (unpaired) electrons. The van der Waals surface area contributed by atoms with E-state index in [9.17, 15) is 27.5 Å². The zero-order valence-corrected chi connectivity index (χ0v) is 20.2. The lowest BCUT2D eigenvalue weighted by Gasteiger charge is -2.14. The van der Waals surface area contributed by atoms with Crippen molar-refractivity contribution in [2.24, 2.45) is 0 Å². The third-order valence-electron chi connectivity index (χ3n) is 6.09. The topological polar surface area (TPSA) is 104 Å². The molecule has 2 heterocycles. The minimum absolute atomic E-state index is 0.141. The van der Waals surface area contributed by atoms with E-state index in [1.54, 1.807) is 18.3 Å². The second-order valence-corrected chi connectivity index (χ2v) is 9.18. The van der Waals surface area contributed by atoms with Crippen molar-refractivity contribution in [3.8, 4) is 17.0 Å². The summed E-state index contributed by atoms with van der Waals surface area (Å²) >= 11 is 0. The van der Waals surface area contributed by atoms with Crippen LogP contribution in [0.4, 0.5) is 34.8 Å². The molecular formula is C26H24F4N6O2. The van der Waals surface area contributed by atoms with Crippen LogP contribution in [0.2, 0.25) is 0 Å². The Balaban J connectivity index is 1.51. The number of benzene rings is 2. The minimum Gasteiger partial charge on any atom is -0.505 e. The van der Waals surface area contributed by atoms with E-state index in [-0.39, 0.29) is 24.3 Å². The summed E-state index contributed by atoms with van der Waals surface area (Å²) in [5.41, 5.74) is 3.44. The highest BCUT2D eigenvalue weighted by Gasteiger charge is 2.27. The first-order valence-electron chi connectivity index (χ1n) is 11.9. The lowest BCUT2D eigenvalue weighted by molar-refractivity contribution is -0.131. The third-order valence-corrected chi connectivity index (χ3v) is 6.09. The number of carbonyl (C=O) groups excluding carboxylic acids is 1. The number of nitrogens with zero attached hydrogens (tertiary/aromatic N) is 3. The van der Waals surface area contributed by atoms with Crippen LogP contribution in [0.5, 0.6) is 5.75 Å². The number of rotatable bonds is 8. The fraction of sp³-hybridized carbons (Fsp3) is 0.269. The van der Waals surface area contributed by atoms with Crippen molar-refractivity contribution in [3.63, 3.8) is 0 Å². The molecule has 2 aromatic carbocycles. The molecule has 1 fully saturated rings. The Kier molecular flexibility index (Phi) is 6.55. The molecule has 0 spiro atoms. The molecule has 1 amide bonds. The van der Waals surface area contributed by atoms with Gasteiger partial charge in [0.25, 0.3) is 5.91 Å². The molecular weight excluding hydrogens is 504 g/mol. The van der Waals surface area contributed by atoms with E-state index in [1.807, 2.05) is 13.0 Å². The van der Waals surface area contributed by atoms with E-state index in [0.717, 1.165) is 24.5 Å². The molecule has 4 aromatic rings. The van der Waals surface area contributed by atoms with Gasteiger partial charge in [0.05, 0.1) is 24.0 Å². The van der Waals surface area contributed by atoms with Gasteiger partial charge in [-0.15, -0.1) is 5.10 Å². The monoisotopic (exact) mass is 528 g/mol. The number of anilines is 3. The number of hydrogen-bond donors (Lipinski definition) is 4. The van der Waals surface area contributed by atoms with Crippen molar-refractivity contribution in [1.82, 2.24) is 19.9 Å². The number of imidazole rings is 1. The molecule has 0 unspecified atom stereocenters. The van der Waals surface area contributed by atoms with Crippen molar-refractivity contribution >= 4 is 28.7 Å². The zero-order valence-electron chi connectivity index (χ0n) is 20.2. The summed E-state index contributed by atoms with van der Waals surface area (Å²) in [7, 11) is 0. The summed E-state index contributed by atoms with van der Waals surface area (Å²) in [5, 5.41) is 22.9. The Bertz CT molecular complexity index is 1510. The van der Waals surface area contributed by atoms with Gasteiger partial charge in [0.1, 0.15) is 0 Å². The molecule has 4 N–H and O–H groups in total. The molecule has 198 valence electrons. The Morgan fingerprint density at radius 1 is 1.16 bits per heavy atom. The van der Waals surface area contributed by atoms with Crippen LogP contribution in [0, 0.1) is 12.7 Å². The highest BCUT2D eigenvalue weighted by Crippen LogP contribution is 2.30. The van der Waals surface area contributed by atoms with Gasteiger partial charge in [-0.05, 0) is 49.6 Å². The molecule has 1 aliphatic carbocycles. The van der Waals surface area contributed by atoms with Crippen LogP contribution >= 0.6 is 0 Å². The van der Waals surface area contributed by atoms with Crippen LogP contribution in [-0.2, 0) is 0 Å². The molecule has 12 heteroatoms. The van der Waals surface area contributed by atoms with E-state index in [1.165, 1.54) is 22.7 Å². The lowest BCUT2D eigenvalue weighted by Crippen LogP contribution is -2.26. The van der Waals surface area contributed by atoms with Gasteiger partial charge in [-0.2, -0.15) is 13.2 Å². The number of amides is 1. The number of aromatic nitrogens is 3. The van der Waals surface area contributed by atoms with Gasteiger partial charge in [0, 0.05) is 41.5 Å². The predicted molar refractivity (Wildman–Crippen MR) is 134 cm³/mol. The number of phenolic OH excluding ortho intramolecular Hbond substituents is 1. The minimum atomic E-state index is -4.34. The molecule has 1 aliphatic rings. The van der Waals surface area contributed by atoms with Crippen molar-refractivity contribution in [1.29, 1.82) is 0 Å². The SMILES string of the molecule is Cc1cc(-c2cnc3c(NCCC(F)(F)F)cc(Nc4ccc(F)c(O)c4)nn23)ccc1C(=O)NC1CC1. The van der Waals surface area contributed by atoms with E-state index in [4.69, 9.17) is 0 Å². The normalized spacial score (nSPS) is 13.5. The fourth-order valence-corrected chi connectivity index (χ4v) is 4.00. The quantitative estimate of drug-likeness (QED) is 0.224. The predicted octanol–water partition coefficient (Wildman–Crippen LogP) is 5.55. The molecule has 5 rings (SSSR count). The average Bonchev–Trinajstić information content (AvgIpc) is 3.55. The van der Waals surface area contributed by atoms with E-state index in [2.05, 4.69) is 26.0 Å². The molecule has 2 aromatic heterocycles. The maximum Gasteiger partial charge on any atom is 0.390 e. The van der Waals surface area contributed by atoms with E-state index in [0.29, 0.717) is 33.8 Å².